The molecule has 1 amide bonds. The molecule has 1 saturated heterocycles. The van der Waals surface area contributed by atoms with E-state index in [4.69, 9.17) is 21.7 Å². The molecule has 1 aliphatic rings. The number of carbonyl (C=O) groups is 1. The number of carbonyl (C=O) groups excluding carboxylic acids is 1. The van der Waals surface area contributed by atoms with Crippen molar-refractivity contribution in [1.82, 2.24) is 10.3 Å². The van der Waals surface area contributed by atoms with Gasteiger partial charge in [0.15, 0.2) is 10.2 Å². The molecule has 5 rings (SSSR count). The van der Waals surface area contributed by atoms with Gasteiger partial charge in [-0.3, -0.25) is 10.1 Å². The molecule has 0 atom stereocenters. The van der Waals surface area contributed by atoms with E-state index in [0.29, 0.717) is 16.4 Å². The Morgan fingerprint density at radius 1 is 1.12 bits per heavy atom. The van der Waals surface area contributed by atoms with Gasteiger partial charge in [-0.1, -0.05) is 35.6 Å². The molecule has 0 radical (unpaired) electrons. The molecule has 0 spiro atoms. The Kier molecular flexibility index (Phi) is 6.08. The standard InChI is InChI=1S/C24H22N4O3S2/c1-30-20-13-16-5-3-2-4-15(16)12-18(20)22(29)26-23(32)27-24-25-19-7-6-17(14-21(19)33-24)28-8-10-31-11-9-28/h2-7,12-14H,8-11H2,1H3,(H2,25,26,27,29,32). The van der Waals surface area contributed by atoms with Crippen LogP contribution >= 0.6 is 23.6 Å². The van der Waals surface area contributed by atoms with E-state index in [1.807, 2.05) is 36.4 Å². The van der Waals surface area contributed by atoms with Gasteiger partial charge in [-0.05, 0) is 53.3 Å². The highest BCUT2D eigenvalue weighted by atomic mass is 32.1. The van der Waals surface area contributed by atoms with Gasteiger partial charge in [0.2, 0.25) is 0 Å². The average Bonchev–Trinajstić information content (AvgIpc) is 3.24. The molecule has 0 saturated carbocycles. The van der Waals surface area contributed by atoms with Gasteiger partial charge in [0.1, 0.15) is 5.75 Å². The lowest BCUT2D eigenvalue weighted by molar-refractivity contribution is 0.0975. The summed E-state index contributed by atoms with van der Waals surface area (Å²) in [6.07, 6.45) is 0. The third-order valence-electron chi connectivity index (χ3n) is 5.51. The number of aromatic nitrogens is 1. The van der Waals surface area contributed by atoms with Gasteiger partial charge in [-0.25, -0.2) is 4.98 Å². The topological polar surface area (TPSA) is 75.7 Å². The summed E-state index contributed by atoms with van der Waals surface area (Å²) in [5, 5.41) is 8.53. The van der Waals surface area contributed by atoms with E-state index in [1.165, 1.54) is 11.3 Å². The van der Waals surface area contributed by atoms with Crippen molar-refractivity contribution in [3.8, 4) is 5.75 Å². The number of benzene rings is 3. The van der Waals surface area contributed by atoms with Crippen LogP contribution in [0.2, 0.25) is 0 Å². The summed E-state index contributed by atoms with van der Waals surface area (Å²) in [6, 6.07) is 17.7. The highest BCUT2D eigenvalue weighted by Gasteiger charge is 2.17. The zero-order chi connectivity index (χ0) is 22.8. The minimum Gasteiger partial charge on any atom is -0.496 e. The second-order valence-corrected chi connectivity index (χ2v) is 9.02. The first-order valence-corrected chi connectivity index (χ1v) is 11.8. The minimum absolute atomic E-state index is 0.183. The van der Waals surface area contributed by atoms with Gasteiger partial charge in [-0.15, -0.1) is 0 Å². The summed E-state index contributed by atoms with van der Waals surface area (Å²) in [7, 11) is 1.55. The van der Waals surface area contributed by atoms with Crippen molar-refractivity contribution in [2.24, 2.45) is 0 Å². The predicted molar refractivity (Wildman–Crippen MR) is 137 cm³/mol. The van der Waals surface area contributed by atoms with E-state index in [0.717, 1.165) is 53.0 Å². The summed E-state index contributed by atoms with van der Waals surface area (Å²) in [4.78, 5) is 19.8. The molecule has 2 heterocycles. The van der Waals surface area contributed by atoms with Crippen molar-refractivity contribution in [1.29, 1.82) is 0 Å². The van der Waals surface area contributed by atoms with E-state index >= 15 is 0 Å². The van der Waals surface area contributed by atoms with Gasteiger partial charge in [-0.2, -0.15) is 0 Å². The van der Waals surface area contributed by atoms with Crippen molar-refractivity contribution < 1.29 is 14.3 Å². The molecule has 168 valence electrons. The Bertz CT molecular complexity index is 1350. The molecule has 7 nitrogen and oxygen atoms in total. The number of anilines is 2. The van der Waals surface area contributed by atoms with Gasteiger partial charge in [0.05, 0.1) is 36.1 Å². The van der Waals surface area contributed by atoms with Gasteiger partial charge < -0.3 is 19.7 Å². The zero-order valence-corrected chi connectivity index (χ0v) is 19.6. The third-order valence-corrected chi connectivity index (χ3v) is 6.65. The molecule has 0 unspecified atom stereocenters. The Balaban J connectivity index is 1.30. The van der Waals surface area contributed by atoms with E-state index in [1.54, 1.807) is 13.2 Å². The molecule has 0 aliphatic carbocycles. The lowest BCUT2D eigenvalue weighted by Crippen LogP contribution is -2.36. The maximum Gasteiger partial charge on any atom is 0.261 e. The molecule has 0 bridgehead atoms. The van der Waals surface area contributed by atoms with Gasteiger partial charge in [0.25, 0.3) is 5.91 Å². The SMILES string of the molecule is COc1cc2ccccc2cc1C(=O)NC(=S)Nc1nc2ccc(N3CCOCC3)cc2s1. The molecule has 4 aromatic rings. The van der Waals surface area contributed by atoms with Crippen LogP contribution in [-0.4, -0.2) is 49.4 Å². The van der Waals surface area contributed by atoms with Crippen LogP contribution in [0.1, 0.15) is 10.4 Å². The molecular formula is C24H22N4O3S2. The van der Waals surface area contributed by atoms with E-state index in [9.17, 15) is 4.79 Å². The first kappa shape index (κ1) is 21.6. The Morgan fingerprint density at radius 2 is 1.88 bits per heavy atom. The third kappa shape index (κ3) is 4.61. The highest BCUT2D eigenvalue weighted by Crippen LogP contribution is 2.30. The number of morpholine rings is 1. The van der Waals surface area contributed by atoms with Crippen molar-refractivity contribution >= 4 is 66.4 Å². The van der Waals surface area contributed by atoms with Crippen LogP contribution < -0.4 is 20.3 Å². The summed E-state index contributed by atoms with van der Waals surface area (Å²) < 4.78 is 11.9. The van der Waals surface area contributed by atoms with Gasteiger partial charge in [0, 0.05) is 18.8 Å². The number of hydrogen-bond donors (Lipinski definition) is 2. The Morgan fingerprint density at radius 3 is 2.64 bits per heavy atom. The molecule has 1 aliphatic heterocycles. The molecular weight excluding hydrogens is 456 g/mol. The van der Waals surface area contributed by atoms with Crippen LogP contribution in [0, 0.1) is 0 Å². The number of amides is 1. The van der Waals surface area contributed by atoms with Crippen molar-refractivity contribution in [2.45, 2.75) is 0 Å². The van der Waals surface area contributed by atoms with Crippen LogP contribution in [-0.2, 0) is 4.74 Å². The van der Waals surface area contributed by atoms with Crippen LogP contribution in [0.15, 0.2) is 54.6 Å². The Hall–Kier alpha value is -3.27. The molecule has 1 fully saturated rings. The lowest BCUT2D eigenvalue weighted by Gasteiger charge is -2.28. The van der Waals surface area contributed by atoms with Crippen molar-refractivity contribution in [3.05, 3.63) is 60.2 Å². The van der Waals surface area contributed by atoms with E-state index in [2.05, 4.69) is 32.7 Å². The summed E-state index contributed by atoms with van der Waals surface area (Å²) in [5.74, 6) is 0.149. The smallest absolute Gasteiger partial charge is 0.261 e. The fourth-order valence-corrected chi connectivity index (χ4v) is 5.01. The lowest BCUT2D eigenvalue weighted by atomic mass is 10.1. The number of thiocarbonyl (C=S) groups is 1. The molecule has 3 aromatic carbocycles. The maximum absolute atomic E-state index is 12.9. The number of fused-ring (bicyclic) bond motifs is 2. The summed E-state index contributed by atoms with van der Waals surface area (Å²) in [5.41, 5.74) is 2.45. The fourth-order valence-electron chi connectivity index (χ4n) is 3.85. The number of thiazole rings is 1. The largest absolute Gasteiger partial charge is 0.496 e. The van der Waals surface area contributed by atoms with E-state index in [-0.39, 0.29) is 11.0 Å². The number of nitrogens with zero attached hydrogens (tertiary/aromatic N) is 2. The number of nitrogens with one attached hydrogen (secondary N) is 2. The molecule has 33 heavy (non-hydrogen) atoms. The highest BCUT2D eigenvalue weighted by molar-refractivity contribution is 7.80. The molecule has 2 N–H and O–H groups in total. The van der Waals surface area contributed by atoms with Crippen LogP contribution in [0.4, 0.5) is 10.8 Å². The molecule has 9 heteroatoms. The number of rotatable bonds is 4. The van der Waals surface area contributed by atoms with Gasteiger partial charge >= 0.3 is 0 Å². The Labute approximate surface area is 200 Å². The second kappa shape index (κ2) is 9.30. The van der Waals surface area contributed by atoms with Crippen molar-refractivity contribution in [2.75, 3.05) is 43.6 Å². The normalized spacial score (nSPS) is 13.8. The number of hydrogen-bond acceptors (Lipinski definition) is 7. The summed E-state index contributed by atoms with van der Waals surface area (Å²) >= 11 is 6.87. The quantitative estimate of drug-likeness (QED) is 0.421. The van der Waals surface area contributed by atoms with Crippen LogP contribution in [0.25, 0.3) is 21.0 Å². The van der Waals surface area contributed by atoms with Crippen LogP contribution in [0.3, 0.4) is 0 Å². The fraction of sp³-hybridized carbons (Fsp3) is 0.208. The average molecular weight is 479 g/mol. The first-order valence-electron chi connectivity index (χ1n) is 10.5. The first-order chi connectivity index (χ1) is 16.1. The number of ether oxygens (including phenoxy) is 2. The zero-order valence-electron chi connectivity index (χ0n) is 18.0. The predicted octanol–water partition coefficient (Wildman–Crippen LogP) is 4.42. The number of methoxy groups -OCH3 is 1. The van der Waals surface area contributed by atoms with Crippen LogP contribution in [0.5, 0.6) is 5.75 Å². The maximum atomic E-state index is 12.9. The second-order valence-electron chi connectivity index (χ2n) is 7.58. The van der Waals surface area contributed by atoms with E-state index < -0.39 is 0 Å². The molecule has 1 aromatic heterocycles. The minimum atomic E-state index is -0.342. The monoisotopic (exact) mass is 478 g/mol. The summed E-state index contributed by atoms with van der Waals surface area (Å²) in [6.45, 7) is 3.24. The van der Waals surface area contributed by atoms with Crippen molar-refractivity contribution in [3.63, 3.8) is 0 Å².